The molecule has 0 fully saturated rings. The highest BCUT2D eigenvalue weighted by Gasteiger charge is 2.27. The van der Waals surface area contributed by atoms with E-state index in [0.717, 1.165) is 47.8 Å². The Morgan fingerprint density at radius 2 is 1.92 bits per heavy atom. The Morgan fingerprint density at radius 1 is 1.16 bits per heavy atom. The van der Waals surface area contributed by atoms with Crippen LogP contribution in [0.25, 0.3) is 10.9 Å². The molecule has 2 unspecified atom stereocenters. The van der Waals surface area contributed by atoms with Crippen molar-refractivity contribution in [3.05, 3.63) is 65.1 Å². The third kappa shape index (κ3) is 3.51. The average molecular weight is 361 g/mol. The molecule has 3 nitrogen and oxygen atoms in total. The first kappa shape index (κ1) is 17.8. The molecule has 0 saturated heterocycles. The van der Waals surface area contributed by atoms with Gasteiger partial charge in [0.2, 0.25) is 0 Å². The molecule has 0 amide bonds. The molecule has 1 heterocycles. The molecule has 2 aromatic carbocycles. The van der Waals surface area contributed by atoms with Crippen LogP contribution in [-0.4, -0.2) is 10.1 Å². The van der Waals surface area contributed by atoms with E-state index < -0.39 is 0 Å². The zero-order valence-corrected chi connectivity index (χ0v) is 14.7. The molecule has 0 saturated carbocycles. The molecule has 5 heteroatoms. The number of fused-ring (bicyclic) bond motifs is 3. The number of benzene rings is 2. The Balaban J connectivity index is 0.00000182. The Labute approximate surface area is 152 Å². The van der Waals surface area contributed by atoms with Crippen LogP contribution in [0, 0.1) is 11.7 Å². The van der Waals surface area contributed by atoms with Crippen molar-refractivity contribution in [1.29, 1.82) is 0 Å². The highest BCUT2D eigenvalue weighted by molar-refractivity contribution is 5.86. The maximum Gasteiger partial charge on any atom is 0.123 e. The predicted octanol–water partition coefficient (Wildman–Crippen LogP) is 4.63. The van der Waals surface area contributed by atoms with E-state index in [1.165, 1.54) is 17.7 Å². The minimum absolute atomic E-state index is 0. The third-order valence-electron chi connectivity index (χ3n) is 5.13. The van der Waals surface area contributed by atoms with Gasteiger partial charge in [0.25, 0.3) is 0 Å². The number of aryl methyl sites for hydroxylation is 1. The van der Waals surface area contributed by atoms with E-state index in [2.05, 4.69) is 4.98 Å². The fraction of sp³-hybridized carbons (Fsp3) is 0.300. The lowest BCUT2D eigenvalue weighted by Crippen LogP contribution is -2.24. The molecule has 132 valence electrons. The largest absolute Gasteiger partial charge is 0.508 e. The molecule has 0 aliphatic heterocycles. The standard InChI is InChI=1S/C20H21FN2O.ClH/c21-14-5-3-12(4-6-14)1-2-13-9-17-16-11-15(24)7-8-19(16)23-20(17)18(22)10-13;/h3-8,11,13,18,23-24H,1-2,9-10,22H2;1H. The first-order chi connectivity index (χ1) is 11.6. The van der Waals surface area contributed by atoms with Crippen molar-refractivity contribution in [3.63, 3.8) is 0 Å². The maximum atomic E-state index is 13.0. The third-order valence-corrected chi connectivity index (χ3v) is 5.13. The number of nitrogens with one attached hydrogen (secondary N) is 1. The summed E-state index contributed by atoms with van der Waals surface area (Å²) in [7, 11) is 0. The lowest BCUT2D eigenvalue weighted by molar-refractivity contribution is 0.381. The lowest BCUT2D eigenvalue weighted by atomic mass is 9.81. The molecule has 4 rings (SSSR count). The monoisotopic (exact) mass is 360 g/mol. The molecule has 3 aromatic rings. The van der Waals surface area contributed by atoms with Crippen LogP contribution in [0.2, 0.25) is 0 Å². The van der Waals surface area contributed by atoms with Gasteiger partial charge >= 0.3 is 0 Å². The van der Waals surface area contributed by atoms with Gasteiger partial charge in [-0.25, -0.2) is 4.39 Å². The number of rotatable bonds is 3. The number of H-pyrrole nitrogens is 1. The fourth-order valence-electron chi connectivity index (χ4n) is 3.88. The van der Waals surface area contributed by atoms with Crippen LogP contribution in [0.1, 0.15) is 35.7 Å². The van der Waals surface area contributed by atoms with Gasteiger partial charge in [0.05, 0.1) is 0 Å². The summed E-state index contributed by atoms with van der Waals surface area (Å²) >= 11 is 0. The number of aromatic hydroxyl groups is 1. The van der Waals surface area contributed by atoms with Crippen LogP contribution in [0.3, 0.4) is 0 Å². The normalized spacial score (nSPS) is 19.4. The highest BCUT2D eigenvalue weighted by atomic mass is 35.5. The van der Waals surface area contributed by atoms with E-state index in [0.29, 0.717) is 5.92 Å². The van der Waals surface area contributed by atoms with E-state index in [9.17, 15) is 9.50 Å². The van der Waals surface area contributed by atoms with Gasteiger partial charge in [-0.3, -0.25) is 0 Å². The lowest BCUT2D eigenvalue weighted by Gasteiger charge is -2.27. The summed E-state index contributed by atoms with van der Waals surface area (Å²) in [5, 5.41) is 10.9. The highest BCUT2D eigenvalue weighted by Crippen LogP contribution is 2.38. The molecular weight excluding hydrogens is 339 g/mol. The smallest absolute Gasteiger partial charge is 0.123 e. The topological polar surface area (TPSA) is 62.0 Å². The fourth-order valence-corrected chi connectivity index (χ4v) is 3.88. The van der Waals surface area contributed by atoms with E-state index in [1.807, 2.05) is 24.3 Å². The van der Waals surface area contributed by atoms with Crippen LogP contribution >= 0.6 is 12.4 Å². The molecule has 0 radical (unpaired) electrons. The van der Waals surface area contributed by atoms with Crippen molar-refractivity contribution < 1.29 is 9.50 Å². The number of hydrogen-bond donors (Lipinski definition) is 3. The number of halogens is 2. The van der Waals surface area contributed by atoms with Gasteiger partial charge in [0.1, 0.15) is 11.6 Å². The summed E-state index contributed by atoms with van der Waals surface area (Å²) in [6, 6.07) is 12.2. The predicted molar refractivity (Wildman–Crippen MR) is 101 cm³/mol. The number of aromatic nitrogens is 1. The molecule has 1 aliphatic carbocycles. The molecule has 25 heavy (non-hydrogen) atoms. The first-order valence-electron chi connectivity index (χ1n) is 8.43. The molecule has 1 aromatic heterocycles. The molecule has 4 N–H and O–H groups in total. The van der Waals surface area contributed by atoms with Crippen molar-refractivity contribution in [3.8, 4) is 5.75 Å². The van der Waals surface area contributed by atoms with Crippen LogP contribution < -0.4 is 5.73 Å². The van der Waals surface area contributed by atoms with Crippen LogP contribution in [0.4, 0.5) is 4.39 Å². The molecule has 2 atom stereocenters. The maximum absolute atomic E-state index is 13.0. The Kier molecular flexibility index (Phi) is 5.02. The number of nitrogens with two attached hydrogens (primary N) is 1. The minimum atomic E-state index is -0.193. The van der Waals surface area contributed by atoms with Crippen LogP contribution in [0.5, 0.6) is 5.75 Å². The number of phenols is 1. The van der Waals surface area contributed by atoms with E-state index in [4.69, 9.17) is 5.73 Å². The SMILES string of the molecule is Cl.NC1CC(CCc2ccc(F)cc2)Cc2c1[nH]c1ccc(O)cc21. The second-order valence-electron chi connectivity index (χ2n) is 6.82. The van der Waals surface area contributed by atoms with Gasteiger partial charge in [0, 0.05) is 22.6 Å². The summed E-state index contributed by atoms with van der Waals surface area (Å²) in [4.78, 5) is 3.42. The van der Waals surface area contributed by atoms with Gasteiger partial charge in [-0.15, -0.1) is 12.4 Å². The van der Waals surface area contributed by atoms with Gasteiger partial charge in [0.15, 0.2) is 0 Å². The van der Waals surface area contributed by atoms with Gasteiger partial charge in [-0.2, -0.15) is 0 Å². The van der Waals surface area contributed by atoms with Gasteiger partial charge in [-0.05, 0) is 73.1 Å². The van der Waals surface area contributed by atoms with Crippen molar-refractivity contribution in [1.82, 2.24) is 4.98 Å². The average Bonchev–Trinajstić information content (AvgIpc) is 2.93. The van der Waals surface area contributed by atoms with Crippen molar-refractivity contribution in [2.45, 2.75) is 31.7 Å². The quantitative estimate of drug-likeness (QED) is 0.637. The van der Waals surface area contributed by atoms with Crippen LogP contribution in [0.15, 0.2) is 42.5 Å². The second-order valence-corrected chi connectivity index (χ2v) is 6.82. The Hall–Kier alpha value is -2.04. The Bertz CT molecular complexity index is 875. The van der Waals surface area contributed by atoms with Gasteiger partial charge < -0.3 is 15.8 Å². The zero-order valence-electron chi connectivity index (χ0n) is 13.8. The van der Waals surface area contributed by atoms with Crippen molar-refractivity contribution >= 4 is 23.3 Å². The number of aromatic amines is 1. The summed E-state index contributed by atoms with van der Waals surface area (Å²) in [5.74, 6) is 0.590. The van der Waals surface area contributed by atoms with E-state index in [1.54, 1.807) is 6.07 Å². The van der Waals surface area contributed by atoms with Crippen molar-refractivity contribution in [2.24, 2.45) is 11.7 Å². The van der Waals surface area contributed by atoms with E-state index >= 15 is 0 Å². The number of hydrogen-bond acceptors (Lipinski definition) is 2. The molecule has 0 spiro atoms. The zero-order chi connectivity index (χ0) is 16.7. The molecular formula is C20H22ClFN2O. The minimum Gasteiger partial charge on any atom is -0.508 e. The molecule has 0 bridgehead atoms. The summed E-state index contributed by atoms with van der Waals surface area (Å²) in [5.41, 5.74) is 10.9. The first-order valence-corrected chi connectivity index (χ1v) is 8.43. The molecule has 1 aliphatic rings. The summed E-state index contributed by atoms with van der Waals surface area (Å²) < 4.78 is 13.0. The van der Waals surface area contributed by atoms with Gasteiger partial charge in [-0.1, -0.05) is 12.1 Å². The van der Waals surface area contributed by atoms with Crippen LogP contribution in [-0.2, 0) is 12.8 Å². The summed E-state index contributed by atoms with van der Waals surface area (Å²) in [6.45, 7) is 0. The number of phenolic OH excluding ortho intramolecular Hbond substituents is 1. The second kappa shape index (κ2) is 7.06. The Morgan fingerprint density at radius 3 is 2.68 bits per heavy atom. The summed E-state index contributed by atoms with van der Waals surface area (Å²) in [6.07, 6.45) is 3.88. The van der Waals surface area contributed by atoms with Crippen molar-refractivity contribution in [2.75, 3.05) is 0 Å². The van der Waals surface area contributed by atoms with E-state index in [-0.39, 0.29) is 30.0 Å².